The van der Waals surface area contributed by atoms with Gasteiger partial charge in [-0.1, -0.05) is 11.2 Å². The van der Waals surface area contributed by atoms with Crippen molar-refractivity contribution in [1.29, 1.82) is 0 Å². The van der Waals surface area contributed by atoms with Gasteiger partial charge in [-0.2, -0.15) is 0 Å². The van der Waals surface area contributed by atoms with Crippen molar-refractivity contribution in [3.8, 4) is 5.75 Å². The summed E-state index contributed by atoms with van der Waals surface area (Å²) in [4.78, 5) is 0. The number of ether oxygens (including phenoxy) is 1. The Hall–Kier alpha value is -1.88. The Morgan fingerprint density at radius 3 is 2.78 bits per heavy atom. The monoisotopic (exact) mass is 250 g/mol. The first-order chi connectivity index (χ1) is 8.56. The number of hydrogen-bond donors (Lipinski definition) is 1. The first kappa shape index (κ1) is 12.6. The van der Waals surface area contributed by atoms with E-state index in [1.807, 2.05) is 6.92 Å². The second kappa shape index (κ2) is 5.18. The smallest absolute Gasteiger partial charge is 0.174 e. The lowest BCUT2D eigenvalue weighted by Gasteiger charge is -2.09. The third kappa shape index (κ3) is 2.87. The molecule has 0 bridgehead atoms. The van der Waals surface area contributed by atoms with E-state index in [4.69, 9.17) is 15.0 Å². The maximum absolute atomic E-state index is 13.7. The largest absolute Gasteiger partial charge is 0.482 e. The molecule has 1 heterocycles. The van der Waals surface area contributed by atoms with Crippen LogP contribution in [0.1, 0.15) is 30.0 Å². The highest BCUT2D eigenvalue weighted by Gasteiger charge is 2.08. The molecule has 18 heavy (non-hydrogen) atoms. The summed E-state index contributed by atoms with van der Waals surface area (Å²) in [6, 6.07) is 6.23. The molecule has 0 aliphatic rings. The van der Waals surface area contributed by atoms with Crippen LogP contribution in [0.4, 0.5) is 4.39 Å². The molecule has 0 aliphatic heterocycles. The van der Waals surface area contributed by atoms with E-state index in [2.05, 4.69) is 5.16 Å². The van der Waals surface area contributed by atoms with Crippen LogP contribution in [0.3, 0.4) is 0 Å². The second-order valence-electron chi connectivity index (χ2n) is 4.20. The van der Waals surface area contributed by atoms with Crippen LogP contribution in [-0.4, -0.2) is 5.16 Å². The number of benzene rings is 1. The van der Waals surface area contributed by atoms with E-state index in [-0.39, 0.29) is 18.4 Å². The fourth-order valence-electron chi connectivity index (χ4n) is 1.55. The zero-order valence-electron chi connectivity index (χ0n) is 10.3. The highest BCUT2D eigenvalue weighted by atomic mass is 19.1. The molecule has 1 aromatic heterocycles. The third-order valence-electron chi connectivity index (χ3n) is 2.53. The Morgan fingerprint density at radius 2 is 2.22 bits per heavy atom. The van der Waals surface area contributed by atoms with Crippen LogP contribution >= 0.6 is 0 Å². The molecule has 2 N–H and O–H groups in total. The van der Waals surface area contributed by atoms with Crippen LogP contribution < -0.4 is 10.5 Å². The zero-order valence-corrected chi connectivity index (χ0v) is 10.3. The lowest BCUT2D eigenvalue weighted by Crippen LogP contribution is -2.05. The van der Waals surface area contributed by atoms with Gasteiger partial charge in [0.1, 0.15) is 6.61 Å². The van der Waals surface area contributed by atoms with E-state index in [9.17, 15) is 4.39 Å². The Kier molecular flexibility index (Phi) is 3.62. The van der Waals surface area contributed by atoms with Crippen LogP contribution in [0.15, 0.2) is 28.8 Å². The van der Waals surface area contributed by atoms with Crippen molar-refractivity contribution in [2.45, 2.75) is 26.5 Å². The first-order valence-corrected chi connectivity index (χ1v) is 5.66. The summed E-state index contributed by atoms with van der Waals surface area (Å²) >= 11 is 0. The summed E-state index contributed by atoms with van der Waals surface area (Å²) < 4.78 is 24.0. The van der Waals surface area contributed by atoms with Crippen molar-refractivity contribution in [3.63, 3.8) is 0 Å². The van der Waals surface area contributed by atoms with Crippen LogP contribution in [0.25, 0.3) is 0 Å². The number of hydrogen-bond acceptors (Lipinski definition) is 4. The minimum absolute atomic E-state index is 0.148. The molecular weight excluding hydrogens is 235 g/mol. The molecule has 5 heteroatoms. The molecule has 2 rings (SSSR count). The lowest BCUT2D eigenvalue weighted by atomic mass is 10.1. The van der Waals surface area contributed by atoms with E-state index < -0.39 is 5.82 Å². The van der Waals surface area contributed by atoms with E-state index in [0.717, 1.165) is 11.3 Å². The second-order valence-corrected chi connectivity index (χ2v) is 4.20. The van der Waals surface area contributed by atoms with E-state index in [1.165, 1.54) is 6.07 Å². The SMILES string of the molecule is Cc1cc(COc2ccc([C@@H](C)N)cc2F)on1. The van der Waals surface area contributed by atoms with Crippen molar-refractivity contribution in [2.75, 3.05) is 0 Å². The molecule has 0 radical (unpaired) electrons. The van der Waals surface area contributed by atoms with Crippen LogP contribution in [0.5, 0.6) is 5.75 Å². The van der Waals surface area contributed by atoms with E-state index >= 15 is 0 Å². The Labute approximate surface area is 105 Å². The van der Waals surface area contributed by atoms with Gasteiger partial charge in [-0.05, 0) is 31.5 Å². The number of aryl methyl sites for hydroxylation is 1. The zero-order chi connectivity index (χ0) is 13.1. The van der Waals surface area contributed by atoms with Gasteiger partial charge in [-0.3, -0.25) is 0 Å². The topological polar surface area (TPSA) is 61.3 Å². The van der Waals surface area contributed by atoms with Gasteiger partial charge in [0, 0.05) is 12.1 Å². The standard InChI is InChI=1S/C13H15FN2O2/c1-8-5-11(18-16-8)7-17-13-4-3-10(9(2)15)6-12(13)14/h3-6,9H,7,15H2,1-2H3/t9-/m1/s1. The first-order valence-electron chi connectivity index (χ1n) is 5.66. The van der Waals surface area contributed by atoms with Crippen LogP contribution in [-0.2, 0) is 6.61 Å². The average molecular weight is 250 g/mol. The Bertz CT molecular complexity index is 538. The van der Waals surface area contributed by atoms with Crippen LogP contribution in [0.2, 0.25) is 0 Å². The van der Waals surface area contributed by atoms with Crippen molar-refractivity contribution in [3.05, 3.63) is 47.1 Å². The molecule has 96 valence electrons. The van der Waals surface area contributed by atoms with Crippen molar-refractivity contribution < 1.29 is 13.7 Å². The Balaban J connectivity index is 2.05. The summed E-state index contributed by atoms with van der Waals surface area (Å²) in [7, 11) is 0. The van der Waals surface area contributed by atoms with E-state index in [1.54, 1.807) is 25.1 Å². The van der Waals surface area contributed by atoms with Gasteiger partial charge in [0.25, 0.3) is 0 Å². The molecule has 1 aromatic carbocycles. The van der Waals surface area contributed by atoms with Crippen molar-refractivity contribution in [2.24, 2.45) is 5.73 Å². The summed E-state index contributed by atoms with van der Waals surface area (Å²) in [6.07, 6.45) is 0. The van der Waals surface area contributed by atoms with Gasteiger partial charge in [0.2, 0.25) is 0 Å². The highest BCUT2D eigenvalue weighted by Crippen LogP contribution is 2.22. The van der Waals surface area contributed by atoms with Gasteiger partial charge >= 0.3 is 0 Å². The minimum atomic E-state index is -0.430. The molecule has 0 amide bonds. The van der Waals surface area contributed by atoms with Gasteiger partial charge < -0.3 is 15.0 Å². The summed E-state index contributed by atoms with van der Waals surface area (Å²) in [6.45, 7) is 3.76. The fourth-order valence-corrected chi connectivity index (χ4v) is 1.55. The molecule has 0 fully saturated rings. The minimum Gasteiger partial charge on any atom is -0.482 e. The van der Waals surface area contributed by atoms with Gasteiger partial charge in [-0.15, -0.1) is 0 Å². The summed E-state index contributed by atoms with van der Waals surface area (Å²) in [5.41, 5.74) is 7.17. The lowest BCUT2D eigenvalue weighted by molar-refractivity contribution is 0.240. The fraction of sp³-hybridized carbons (Fsp3) is 0.308. The molecule has 0 saturated heterocycles. The van der Waals surface area contributed by atoms with Gasteiger partial charge in [0.05, 0.1) is 5.69 Å². The van der Waals surface area contributed by atoms with Crippen molar-refractivity contribution in [1.82, 2.24) is 5.16 Å². The normalized spacial score (nSPS) is 12.4. The molecule has 0 unspecified atom stereocenters. The predicted molar refractivity (Wildman–Crippen MR) is 64.6 cm³/mol. The molecule has 2 aromatic rings. The number of nitrogens with two attached hydrogens (primary N) is 1. The predicted octanol–water partition coefficient (Wildman–Crippen LogP) is 2.72. The number of nitrogens with zero attached hydrogens (tertiary/aromatic N) is 1. The molecule has 1 atom stereocenters. The van der Waals surface area contributed by atoms with E-state index in [0.29, 0.717) is 5.76 Å². The molecular formula is C13H15FN2O2. The summed E-state index contributed by atoms with van der Waals surface area (Å²) in [5, 5.41) is 3.72. The number of halogens is 1. The molecule has 0 saturated carbocycles. The number of rotatable bonds is 4. The van der Waals surface area contributed by atoms with Crippen LogP contribution in [0, 0.1) is 12.7 Å². The molecule has 4 nitrogen and oxygen atoms in total. The maximum Gasteiger partial charge on any atom is 0.174 e. The Morgan fingerprint density at radius 1 is 1.44 bits per heavy atom. The van der Waals surface area contributed by atoms with Crippen molar-refractivity contribution >= 4 is 0 Å². The van der Waals surface area contributed by atoms with Gasteiger partial charge in [0.15, 0.2) is 17.3 Å². The maximum atomic E-state index is 13.7. The molecule has 0 aliphatic carbocycles. The molecule has 0 spiro atoms. The highest BCUT2D eigenvalue weighted by molar-refractivity contribution is 5.30. The summed E-state index contributed by atoms with van der Waals surface area (Å²) in [5.74, 6) is 0.303. The van der Waals surface area contributed by atoms with Gasteiger partial charge in [-0.25, -0.2) is 4.39 Å². The number of aromatic nitrogens is 1. The average Bonchev–Trinajstić information content (AvgIpc) is 2.73. The third-order valence-corrected chi connectivity index (χ3v) is 2.53. The quantitative estimate of drug-likeness (QED) is 0.906.